The average molecular weight is 505 g/mol. The zero-order chi connectivity index (χ0) is 23.8. The number of thioether (sulfide) groups is 1. The summed E-state index contributed by atoms with van der Waals surface area (Å²) in [6, 6.07) is 11.9. The van der Waals surface area contributed by atoms with E-state index in [-0.39, 0.29) is 17.6 Å². The first-order chi connectivity index (χ1) is 15.9. The molecule has 9 heteroatoms. The molecule has 0 atom stereocenters. The number of nitrogens with zero attached hydrogens (tertiary/aromatic N) is 1. The minimum atomic E-state index is -0.183. The number of ether oxygens (including phenoxy) is 1. The number of aromatic hydroxyl groups is 1. The van der Waals surface area contributed by atoms with Crippen LogP contribution in [0, 0.1) is 0 Å². The Labute approximate surface area is 207 Å². The first-order valence-corrected chi connectivity index (χ1v) is 12.2. The second kappa shape index (κ2) is 12.1. The lowest BCUT2D eigenvalue weighted by Crippen LogP contribution is -2.29. The third-order valence-electron chi connectivity index (χ3n) is 4.88. The van der Waals surface area contributed by atoms with Gasteiger partial charge >= 0.3 is 0 Å². The normalized spacial score (nSPS) is 14.7. The van der Waals surface area contributed by atoms with Gasteiger partial charge in [-0.2, -0.15) is 0 Å². The van der Waals surface area contributed by atoms with E-state index in [1.54, 1.807) is 23.1 Å². The van der Waals surface area contributed by atoms with E-state index >= 15 is 0 Å². The van der Waals surface area contributed by atoms with E-state index in [4.69, 9.17) is 28.6 Å². The van der Waals surface area contributed by atoms with Crippen molar-refractivity contribution in [1.29, 1.82) is 0 Å². The number of thiocarbonyl (C=S) groups is 1. The highest BCUT2D eigenvalue weighted by atomic mass is 35.5. The van der Waals surface area contributed by atoms with Gasteiger partial charge in [-0.1, -0.05) is 42.0 Å². The summed E-state index contributed by atoms with van der Waals surface area (Å²) in [5.41, 5.74) is 1.21. The number of phenols is 1. The molecule has 2 N–H and O–H groups in total. The summed E-state index contributed by atoms with van der Waals surface area (Å²) < 4.78 is 5.88. The zero-order valence-corrected chi connectivity index (χ0v) is 20.6. The van der Waals surface area contributed by atoms with Crippen molar-refractivity contribution in [3.05, 3.63) is 58.0 Å². The molecule has 3 rings (SSSR count). The molecule has 6 nitrogen and oxygen atoms in total. The topological polar surface area (TPSA) is 78.9 Å². The Bertz CT molecular complexity index is 1060. The van der Waals surface area contributed by atoms with Crippen LogP contribution in [0.2, 0.25) is 5.02 Å². The minimum absolute atomic E-state index is 0.0472. The molecule has 174 valence electrons. The van der Waals surface area contributed by atoms with Crippen molar-refractivity contribution < 1.29 is 19.4 Å². The number of anilines is 1. The fourth-order valence-electron chi connectivity index (χ4n) is 3.23. The van der Waals surface area contributed by atoms with Gasteiger partial charge < -0.3 is 15.2 Å². The van der Waals surface area contributed by atoms with Crippen molar-refractivity contribution >= 4 is 63.5 Å². The number of carbonyl (C=O) groups excluding carboxylic acids is 2. The van der Waals surface area contributed by atoms with E-state index in [0.29, 0.717) is 45.8 Å². The highest BCUT2D eigenvalue weighted by Crippen LogP contribution is 2.35. The monoisotopic (exact) mass is 504 g/mol. The molecule has 0 spiro atoms. The molecule has 2 amide bonds. The number of rotatable bonds is 10. The first kappa shape index (κ1) is 25.1. The van der Waals surface area contributed by atoms with Gasteiger partial charge in [-0.05, 0) is 68.3 Å². The summed E-state index contributed by atoms with van der Waals surface area (Å²) in [5.74, 6) is 0.588. The largest absolute Gasteiger partial charge is 0.507 e. The Hall–Kier alpha value is -2.55. The molecule has 0 radical (unpaired) electrons. The maximum Gasteiger partial charge on any atom is 0.266 e. The lowest BCUT2D eigenvalue weighted by molar-refractivity contribution is -0.122. The van der Waals surface area contributed by atoms with Gasteiger partial charge in [-0.3, -0.25) is 14.5 Å². The van der Waals surface area contributed by atoms with E-state index in [1.807, 2.05) is 31.2 Å². The van der Waals surface area contributed by atoms with E-state index in [0.717, 1.165) is 24.3 Å². The van der Waals surface area contributed by atoms with E-state index < -0.39 is 0 Å². The van der Waals surface area contributed by atoms with Crippen molar-refractivity contribution in [1.82, 2.24) is 4.90 Å². The van der Waals surface area contributed by atoms with Crippen LogP contribution in [0.1, 0.15) is 38.2 Å². The molecule has 1 saturated heterocycles. The number of hydrogen-bond acceptors (Lipinski definition) is 6. The van der Waals surface area contributed by atoms with Crippen LogP contribution in [0.15, 0.2) is 47.4 Å². The van der Waals surface area contributed by atoms with E-state index in [2.05, 4.69) is 5.32 Å². The van der Waals surface area contributed by atoms with Crippen molar-refractivity contribution in [2.75, 3.05) is 18.5 Å². The average Bonchev–Trinajstić information content (AvgIpc) is 3.05. The third kappa shape index (κ3) is 7.22. The summed E-state index contributed by atoms with van der Waals surface area (Å²) in [4.78, 5) is 26.9. The van der Waals surface area contributed by atoms with Crippen molar-refractivity contribution in [2.24, 2.45) is 0 Å². The predicted octanol–water partition coefficient (Wildman–Crippen LogP) is 5.84. The van der Waals surface area contributed by atoms with Crippen LogP contribution >= 0.6 is 35.6 Å². The van der Waals surface area contributed by atoms with Crippen molar-refractivity contribution in [2.45, 2.75) is 32.6 Å². The number of unbranched alkanes of at least 4 members (excludes halogenated alkanes) is 2. The van der Waals surface area contributed by atoms with Gasteiger partial charge in [0.2, 0.25) is 5.91 Å². The predicted molar refractivity (Wildman–Crippen MR) is 138 cm³/mol. The van der Waals surface area contributed by atoms with Gasteiger partial charge in [-0.15, -0.1) is 0 Å². The first-order valence-electron chi connectivity index (χ1n) is 10.6. The van der Waals surface area contributed by atoms with Crippen LogP contribution in [0.3, 0.4) is 0 Å². The molecule has 2 aromatic carbocycles. The molecule has 0 saturated carbocycles. The zero-order valence-electron chi connectivity index (χ0n) is 18.2. The van der Waals surface area contributed by atoms with E-state index in [9.17, 15) is 14.7 Å². The van der Waals surface area contributed by atoms with Gasteiger partial charge in [0.1, 0.15) is 15.8 Å². The highest BCUT2D eigenvalue weighted by molar-refractivity contribution is 8.26. The lowest BCUT2D eigenvalue weighted by Gasteiger charge is -2.14. The van der Waals surface area contributed by atoms with Crippen LogP contribution < -0.4 is 10.1 Å². The number of benzene rings is 2. The maximum atomic E-state index is 12.7. The number of amides is 2. The Morgan fingerprint density at radius 1 is 1.21 bits per heavy atom. The summed E-state index contributed by atoms with van der Waals surface area (Å²) in [7, 11) is 0. The van der Waals surface area contributed by atoms with Crippen LogP contribution in [0.4, 0.5) is 5.69 Å². The van der Waals surface area contributed by atoms with E-state index in [1.165, 1.54) is 17.8 Å². The quantitative estimate of drug-likeness (QED) is 0.240. The Kier molecular flexibility index (Phi) is 9.17. The maximum absolute atomic E-state index is 12.7. The van der Waals surface area contributed by atoms with Crippen molar-refractivity contribution in [3.8, 4) is 11.5 Å². The molecule has 1 heterocycles. The summed E-state index contributed by atoms with van der Waals surface area (Å²) in [6.07, 6.45) is 4.25. The molecule has 0 aromatic heterocycles. The summed E-state index contributed by atoms with van der Waals surface area (Å²) >= 11 is 12.5. The molecule has 0 bridgehead atoms. The van der Waals surface area contributed by atoms with Crippen LogP contribution in [-0.2, 0) is 9.59 Å². The standard InChI is InChI=1S/C24H25ClN2O4S2/c1-2-31-19-10-8-18(9-11-19)26-22(29)6-4-3-5-13-27-23(30)21(33-24(27)32)15-16-14-17(25)7-12-20(16)28/h7-12,14-15,28H,2-6,13H2,1H3,(H,26,29)/b21-15-. The molecule has 1 aliphatic rings. The van der Waals surface area contributed by atoms with Gasteiger partial charge in [0.25, 0.3) is 5.91 Å². The Morgan fingerprint density at radius 2 is 1.97 bits per heavy atom. The fraction of sp³-hybridized carbons (Fsp3) is 0.292. The summed E-state index contributed by atoms with van der Waals surface area (Å²) in [6.45, 7) is 3.01. The number of carbonyl (C=O) groups is 2. The molecule has 2 aromatic rings. The molecule has 0 aliphatic carbocycles. The second-order valence-corrected chi connectivity index (χ2v) is 9.46. The van der Waals surface area contributed by atoms with Gasteiger partial charge in [0.05, 0.1) is 11.5 Å². The number of hydrogen-bond donors (Lipinski definition) is 2. The number of nitrogens with one attached hydrogen (secondary N) is 1. The SMILES string of the molecule is CCOc1ccc(NC(=O)CCCCCN2C(=O)/C(=C/c3cc(Cl)ccc3O)SC2=S)cc1. The molecule has 1 aliphatic heterocycles. The van der Waals surface area contributed by atoms with Gasteiger partial charge in [0, 0.05) is 29.2 Å². The highest BCUT2D eigenvalue weighted by Gasteiger charge is 2.31. The summed E-state index contributed by atoms with van der Waals surface area (Å²) in [5, 5.41) is 13.3. The molecule has 0 unspecified atom stereocenters. The molecule has 33 heavy (non-hydrogen) atoms. The smallest absolute Gasteiger partial charge is 0.266 e. The Morgan fingerprint density at radius 3 is 2.70 bits per heavy atom. The van der Waals surface area contributed by atoms with Crippen LogP contribution in [0.5, 0.6) is 11.5 Å². The molecular weight excluding hydrogens is 480 g/mol. The molecule has 1 fully saturated rings. The minimum Gasteiger partial charge on any atom is -0.507 e. The molecular formula is C24H25ClN2O4S2. The van der Waals surface area contributed by atoms with Gasteiger partial charge in [0.15, 0.2) is 0 Å². The Balaban J connectivity index is 1.41. The number of halogens is 1. The second-order valence-electron chi connectivity index (χ2n) is 7.35. The van der Waals surface area contributed by atoms with Crippen LogP contribution in [0.25, 0.3) is 6.08 Å². The van der Waals surface area contributed by atoms with Gasteiger partial charge in [-0.25, -0.2) is 0 Å². The fourth-order valence-corrected chi connectivity index (χ4v) is 4.71. The third-order valence-corrected chi connectivity index (χ3v) is 6.50. The van der Waals surface area contributed by atoms with Crippen molar-refractivity contribution in [3.63, 3.8) is 0 Å². The number of phenolic OH excluding ortho intramolecular Hbond substituents is 1. The lowest BCUT2D eigenvalue weighted by atomic mass is 10.1. The van der Waals surface area contributed by atoms with Crippen LogP contribution in [-0.4, -0.2) is 39.3 Å².